The van der Waals surface area contributed by atoms with Gasteiger partial charge in [0.05, 0.1) is 0 Å². The maximum Gasteiger partial charge on any atom is 0.000828 e. The molecule has 0 aromatic rings. The maximum absolute atomic E-state index is 3.62. The van der Waals surface area contributed by atoms with Gasteiger partial charge in [0.2, 0.25) is 0 Å². The number of piperidine rings is 1. The Bertz CT molecular complexity index is 203. The number of nitrogens with one attached hydrogen (secondary N) is 1. The molecule has 2 rings (SSSR count). The molecule has 1 spiro atoms. The van der Waals surface area contributed by atoms with Gasteiger partial charge in [-0.05, 0) is 29.1 Å². The largest absolute Gasteiger partial charge is 0.316 e. The lowest BCUT2D eigenvalue weighted by molar-refractivity contribution is -0.0752. The van der Waals surface area contributed by atoms with Crippen LogP contribution in [-0.2, 0) is 0 Å². The zero-order valence-electron chi connectivity index (χ0n) is 10.2. The van der Waals surface area contributed by atoms with Crippen molar-refractivity contribution < 1.29 is 0 Å². The van der Waals surface area contributed by atoms with Crippen molar-refractivity contribution in [2.75, 3.05) is 13.1 Å². The van der Waals surface area contributed by atoms with Crippen molar-refractivity contribution in [3.63, 3.8) is 0 Å². The second-order valence-corrected chi connectivity index (χ2v) is 6.66. The van der Waals surface area contributed by atoms with Gasteiger partial charge in [0.1, 0.15) is 0 Å². The summed E-state index contributed by atoms with van der Waals surface area (Å²) < 4.78 is 0. The van der Waals surface area contributed by atoms with Crippen LogP contribution in [0, 0.1) is 16.2 Å². The fourth-order valence-corrected chi connectivity index (χ4v) is 4.27. The molecular weight excluding hydrogens is 170 g/mol. The summed E-state index contributed by atoms with van der Waals surface area (Å²) in [5, 5.41) is 3.62. The predicted molar refractivity (Wildman–Crippen MR) is 61.3 cm³/mol. The van der Waals surface area contributed by atoms with E-state index in [0.29, 0.717) is 16.2 Å². The van der Waals surface area contributed by atoms with Gasteiger partial charge in [-0.25, -0.2) is 0 Å². The second-order valence-electron chi connectivity index (χ2n) is 6.66. The topological polar surface area (TPSA) is 12.0 Å². The lowest BCUT2D eigenvalue weighted by Gasteiger charge is -2.58. The van der Waals surface area contributed by atoms with Crippen LogP contribution in [0.3, 0.4) is 0 Å². The van der Waals surface area contributed by atoms with Gasteiger partial charge >= 0.3 is 0 Å². The van der Waals surface area contributed by atoms with Crippen molar-refractivity contribution in [2.45, 2.75) is 53.4 Å². The Kier molecular flexibility index (Phi) is 2.23. The van der Waals surface area contributed by atoms with Crippen LogP contribution in [0.1, 0.15) is 53.4 Å². The van der Waals surface area contributed by atoms with E-state index < -0.39 is 0 Å². The minimum atomic E-state index is 0.477. The zero-order chi connectivity index (χ0) is 10.4. The normalized spacial score (nSPS) is 33.4. The number of rotatable bonds is 0. The number of hydrogen-bond donors (Lipinski definition) is 1. The van der Waals surface area contributed by atoms with Gasteiger partial charge in [-0.2, -0.15) is 0 Å². The van der Waals surface area contributed by atoms with E-state index in [2.05, 4.69) is 33.0 Å². The molecule has 1 heterocycles. The molecule has 0 unspecified atom stereocenters. The molecule has 0 bridgehead atoms. The van der Waals surface area contributed by atoms with E-state index in [1.165, 1.54) is 38.8 Å². The molecule has 0 aromatic carbocycles. The van der Waals surface area contributed by atoms with Gasteiger partial charge in [-0.15, -0.1) is 0 Å². The van der Waals surface area contributed by atoms with E-state index in [4.69, 9.17) is 0 Å². The van der Waals surface area contributed by atoms with Crippen LogP contribution >= 0.6 is 0 Å². The summed E-state index contributed by atoms with van der Waals surface area (Å²) in [7, 11) is 0. The highest BCUT2D eigenvalue weighted by Crippen LogP contribution is 2.62. The summed E-state index contributed by atoms with van der Waals surface area (Å²) in [4.78, 5) is 0. The third kappa shape index (κ3) is 1.18. The van der Waals surface area contributed by atoms with Gasteiger partial charge in [-0.3, -0.25) is 0 Å². The highest BCUT2D eigenvalue weighted by atomic mass is 14.9. The van der Waals surface area contributed by atoms with E-state index >= 15 is 0 Å². The van der Waals surface area contributed by atoms with Crippen LogP contribution in [-0.4, -0.2) is 13.1 Å². The summed E-state index contributed by atoms with van der Waals surface area (Å²) in [5.74, 6) is 0. The standard InChI is InChI=1S/C13H25N/c1-11(2)9-14-10-12(3,4)13(11)7-5-6-8-13/h14H,5-10H2,1-4H3. The SMILES string of the molecule is CC1(C)CNCC(C)(C)C12CCCC2. The Hall–Kier alpha value is -0.0400. The Morgan fingerprint density at radius 2 is 1.21 bits per heavy atom. The van der Waals surface area contributed by atoms with E-state index in [0.717, 1.165) is 0 Å². The molecule has 1 aliphatic heterocycles. The molecule has 1 N–H and O–H groups in total. The monoisotopic (exact) mass is 195 g/mol. The van der Waals surface area contributed by atoms with E-state index in [1.807, 2.05) is 0 Å². The van der Waals surface area contributed by atoms with Crippen molar-refractivity contribution in [1.29, 1.82) is 0 Å². The molecule has 0 radical (unpaired) electrons. The molecule has 0 aromatic heterocycles. The summed E-state index contributed by atoms with van der Waals surface area (Å²) in [6.45, 7) is 12.3. The van der Waals surface area contributed by atoms with Gasteiger partial charge in [0.15, 0.2) is 0 Å². The molecular formula is C13H25N. The minimum Gasteiger partial charge on any atom is -0.316 e. The van der Waals surface area contributed by atoms with Crippen LogP contribution in [0.5, 0.6) is 0 Å². The Morgan fingerprint density at radius 3 is 1.64 bits per heavy atom. The highest BCUT2D eigenvalue weighted by Gasteiger charge is 2.57. The third-order valence-electron chi connectivity index (χ3n) is 5.18. The molecule has 1 nitrogen and oxygen atoms in total. The quantitative estimate of drug-likeness (QED) is 0.626. The number of hydrogen-bond acceptors (Lipinski definition) is 1. The van der Waals surface area contributed by atoms with Crippen molar-refractivity contribution in [2.24, 2.45) is 16.2 Å². The fraction of sp³-hybridized carbons (Fsp3) is 1.00. The first-order valence-corrected chi connectivity index (χ1v) is 6.12. The first-order valence-electron chi connectivity index (χ1n) is 6.12. The molecule has 14 heavy (non-hydrogen) atoms. The molecule has 0 amide bonds. The van der Waals surface area contributed by atoms with E-state index in [9.17, 15) is 0 Å². The van der Waals surface area contributed by atoms with Crippen molar-refractivity contribution >= 4 is 0 Å². The smallest absolute Gasteiger partial charge is 0.000828 e. The summed E-state index contributed by atoms with van der Waals surface area (Å²) in [5.41, 5.74) is 1.56. The second kappa shape index (κ2) is 2.98. The zero-order valence-corrected chi connectivity index (χ0v) is 10.2. The van der Waals surface area contributed by atoms with Gasteiger partial charge < -0.3 is 5.32 Å². The van der Waals surface area contributed by atoms with E-state index in [1.54, 1.807) is 0 Å². The molecule has 1 aliphatic carbocycles. The molecule has 82 valence electrons. The maximum atomic E-state index is 3.62. The Labute approximate surface area is 88.7 Å². The molecule has 0 atom stereocenters. The Balaban J connectivity index is 2.38. The first kappa shape index (κ1) is 10.5. The van der Waals surface area contributed by atoms with Crippen LogP contribution in [0.15, 0.2) is 0 Å². The summed E-state index contributed by atoms with van der Waals surface area (Å²) >= 11 is 0. The van der Waals surface area contributed by atoms with Crippen molar-refractivity contribution in [3.05, 3.63) is 0 Å². The van der Waals surface area contributed by atoms with Crippen LogP contribution in [0.25, 0.3) is 0 Å². The van der Waals surface area contributed by atoms with E-state index in [-0.39, 0.29) is 0 Å². The third-order valence-corrected chi connectivity index (χ3v) is 5.18. The van der Waals surface area contributed by atoms with Gasteiger partial charge in [-0.1, -0.05) is 40.5 Å². The van der Waals surface area contributed by atoms with Crippen molar-refractivity contribution in [1.82, 2.24) is 5.32 Å². The van der Waals surface area contributed by atoms with Crippen LogP contribution < -0.4 is 5.32 Å². The van der Waals surface area contributed by atoms with Gasteiger partial charge in [0.25, 0.3) is 0 Å². The molecule has 1 heteroatoms. The predicted octanol–water partition coefficient (Wildman–Crippen LogP) is 3.20. The molecule has 1 saturated carbocycles. The summed E-state index contributed by atoms with van der Waals surface area (Å²) in [6.07, 6.45) is 5.81. The van der Waals surface area contributed by atoms with Crippen LogP contribution in [0.2, 0.25) is 0 Å². The average molecular weight is 195 g/mol. The summed E-state index contributed by atoms with van der Waals surface area (Å²) in [6, 6.07) is 0. The van der Waals surface area contributed by atoms with Crippen molar-refractivity contribution in [3.8, 4) is 0 Å². The van der Waals surface area contributed by atoms with Gasteiger partial charge in [0, 0.05) is 13.1 Å². The lowest BCUT2D eigenvalue weighted by atomic mass is 9.50. The molecule has 2 fully saturated rings. The molecule has 2 aliphatic rings. The first-order chi connectivity index (χ1) is 6.41. The Morgan fingerprint density at radius 1 is 0.786 bits per heavy atom. The lowest BCUT2D eigenvalue weighted by Crippen LogP contribution is -2.60. The molecule has 1 saturated heterocycles. The minimum absolute atomic E-state index is 0.477. The highest BCUT2D eigenvalue weighted by molar-refractivity contribution is 5.08. The van der Waals surface area contributed by atoms with Crippen LogP contribution in [0.4, 0.5) is 0 Å². The average Bonchev–Trinajstić information content (AvgIpc) is 2.50. The fourth-order valence-electron chi connectivity index (χ4n) is 4.27.